The Hall–Kier alpha value is -2.89. The molecule has 1 aromatic carbocycles. The van der Waals surface area contributed by atoms with Crippen LogP contribution in [0, 0.1) is 13.8 Å². The maximum Gasteiger partial charge on any atom is 0.252 e. The molecule has 6 heteroatoms. The van der Waals surface area contributed by atoms with Crippen molar-refractivity contribution in [3.63, 3.8) is 0 Å². The first-order valence-corrected chi connectivity index (χ1v) is 8.99. The molecule has 6 nitrogen and oxygen atoms in total. The number of carbonyl (C=O) groups excluding carboxylic acids is 1. The van der Waals surface area contributed by atoms with Gasteiger partial charge < -0.3 is 4.90 Å². The zero-order chi connectivity index (χ0) is 18.3. The number of aryl methyl sites for hydroxylation is 2. The fraction of sp³-hybridized carbons (Fsp3) is 0.350. The molecule has 0 atom stereocenters. The number of hydrogen-bond acceptors (Lipinski definition) is 3. The van der Waals surface area contributed by atoms with Crippen LogP contribution in [-0.2, 0) is 11.3 Å². The number of rotatable bonds is 3. The third-order valence-corrected chi connectivity index (χ3v) is 5.04. The Morgan fingerprint density at radius 2 is 1.81 bits per heavy atom. The molecule has 0 spiro atoms. The van der Waals surface area contributed by atoms with Gasteiger partial charge in [0.1, 0.15) is 12.2 Å². The monoisotopic (exact) mass is 350 g/mol. The number of pyridine rings is 1. The molecular weight excluding hydrogens is 328 g/mol. The minimum absolute atomic E-state index is 0.00628. The van der Waals surface area contributed by atoms with Crippen LogP contribution < -0.4 is 5.56 Å². The average Bonchev–Trinajstić information content (AvgIpc) is 3.27. The quantitative estimate of drug-likeness (QED) is 0.729. The van der Waals surface area contributed by atoms with Crippen LogP contribution in [0.4, 0.5) is 0 Å². The molecule has 0 unspecified atom stereocenters. The predicted molar refractivity (Wildman–Crippen MR) is 101 cm³/mol. The summed E-state index contributed by atoms with van der Waals surface area (Å²) in [5, 5.41) is 5.59. The Labute approximate surface area is 151 Å². The highest BCUT2D eigenvalue weighted by Crippen LogP contribution is 2.24. The van der Waals surface area contributed by atoms with E-state index in [0.29, 0.717) is 5.65 Å². The summed E-state index contributed by atoms with van der Waals surface area (Å²) in [6.07, 6.45) is 2.07. The third kappa shape index (κ3) is 2.71. The molecule has 3 aromatic rings. The van der Waals surface area contributed by atoms with Gasteiger partial charge in [-0.3, -0.25) is 14.2 Å². The van der Waals surface area contributed by atoms with Crippen LogP contribution in [0.1, 0.15) is 24.1 Å². The van der Waals surface area contributed by atoms with Gasteiger partial charge in [-0.1, -0.05) is 18.2 Å². The van der Waals surface area contributed by atoms with Gasteiger partial charge in [-0.2, -0.15) is 5.10 Å². The molecule has 4 rings (SSSR count). The van der Waals surface area contributed by atoms with Gasteiger partial charge in [0.15, 0.2) is 0 Å². The van der Waals surface area contributed by atoms with Crippen molar-refractivity contribution in [1.82, 2.24) is 19.2 Å². The lowest BCUT2D eigenvalue weighted by Gasteiger charge is -2.17. The average molecular weight is 350 g/mol. The molecule has 26 heavy (non-hydrogen) atoms. The molecule has 0 N–H and O–H groups in total. The summed E-state index contributed by atoms with van der Waals surface area (Å²) >= 11 is 0. The van der Waals surface area contributed by atoms with E-state index in [1.807, 2.05) is 49.1 Å². The maximum absolute atomic E-state index is 12.7. The molecule has 1 aliphatic rings. The molecule has 0 saturated carbocycles. The van der Waals surface area contributed by atoms with Gasteiger partial charge in [-0.25, -0.2) is 4.68 Å². The minimum atomic E-state index is -0.167. The maximum atomic E-state index is 12.7. The van der Waals surface area contributed by atoms with Crippen LogP contribution in [0.25, 0.3) is 16.7 Å². The van der Waals surface area contributed by atoms with E-state index in [4.69, 9.17) is 0 Å². The van der Waals surface area contributed by atoms with E-state index < -0.39 is 0 Å². The first kappa shape index (κ1) is 16.6. The molecular formula is C20H22N4O2. The smallest absolute Gasteiger partial charge is 0.252 e. The molecule has 2 aromatic heterocycles. The third-order valence-electron chi connectivity index (χ3n) is 5.04. The number of benzene rings is 1. The van der Waals surface area contributed by atoms with Crippen LogP contribution in [0.5, 0.6) is 0 Å². The van der Waals surface area contributed by atoms with E-state index in [0.717, 1.165) is 48.3 Å². The summed E-state index contributed by atoms with van der Waals surface area (Å²) in [7, 11) is 0. The molecule has 0 aliphatic carbocycles. The summed E-state index contributed by atoms with van der Waals surface area (Å²) in [6.45, 7) is 5.46. The molecule has 3 heterocycles. The normalized spacial score (nSPS) is 14.3. The zero-order valence-electron chi connectivity index (χ0n) is 15.1. The lowest BCUT2D eigenvalue weighted by Crippen LogP contribution is -2.35. The van der Waals surface area contributed by atoms with E-state index >= 15 is 0 Å². The molecule has 1 amide bonds. The number of aromatic nitrogens is 3. The van der Waals surface area contributed by atoms with Crippen LogP contribution >= 0.6 is 0 Å². The fourth-order valence-corrected chi connectivity index (χ4v) is 3.77. The van der Waals surface area contributed by atoms with Crippen LogP contribution in [0.15, 0.2) is 41.2 Å². The summed E-state index contributed by atoms with van der Waals surface area (Å²) in [6, 6.07) is 11.3. The van der Waals surface area contributed by atoms with Crippen LogP contribution in [-0.4, -0.2) is 38.2 Å². The molecule has 1 fully saturated rings. The van der Waals surface area contributed by atoms with Crippen molar-refractivity contribution in [3.05, 3.63) is 58.0 Å². The van der Waals surface area contributed by atoms with Gasteiger partial charge in [0.2, 0.25) is 5.91 Å². The zero-order valence-corrected chi connectivity index (χ0v) is 15.1. The predicted octanol–water partition coefficient (Wildman–Crippen LogP) is 2.43. The van der Waals surface area contributed by atoms with Crippen LogP contribution in [0.2, 0.25) is 0 Å². The van der Waals surface area contributed by atoms with Gasteiger partial charge in [0.05, 0.1) is 11.4 Å². The largest absolute Gasteiger partial charge is 0.341 e. The van der Waals surface area contributed by atoms with Crippen molar-refractivity contribution in [3.8, 4) is 5.69 Å². The molecule has 134 valence electrons. The van der Waals surface area contributed by atoms with Crippen molar-refractivity contribution in [2.24, 2.45) is 0 Å². The second kappa shape index (κ2) is 6.44. The minimum Gasteiger partial charge on any atom is -0.341 e. The number of fused-ring (bicyclic) bond motifs is 1. The number of carbonyl (C=O) groups is 1. The fourth-order valence-electron chi connectivity index (χ4n) is 3.77. The second-order valence-electron chi connectivity index (χ2n) is 6.87. The molecule has 0 bridgehead atoms. The second-order valence-corrected chi connectivity index (χ2v) is 6.87. The Bertz CT molecular complexity index is 1030. The van der Waals surface area contributed by atoms with Gasteiger partial charge in [0, 0.05) is 24.5 Å². The highest BCUT2D eigenvalue weighted by Gasteiger charge is 2.22. The van der Waals surface area contributed by atoms with E-state index in [2.05, 4.69) is 5.10 Å². The van der Waals surface area contributed by atoms with E-state index in [1.165, 1.54) is 0 Å². The summed E-state index contributed by atoms with van der Waals surface area (Å²) in [5.74, 6) is -0.00628. The Kier molecular flexibility index (Phi) is 4.11. The van der Waals surface area contributed by atoms with Crippen molar-refractivity contribution >= 4 is 16.9 Å². The van der Waals surface area contributed by atoms with Crippen LogP contribution in [0.3, 0.4) is 0 Å². The number of nitrogens with zero attached hydrogens (tertiary/aromatic N) is 4. The highest BCUT2D eigenvalue weighted by atomic mass is 16.2. The van der Waals surface area contributed by atoms with Gasteiger partial charge in [-0.15, -0.1) is 0 Å². The van der Waals surface area contributed by atoms with Gasteiger partial charge >= 0.3 is 0 Å². The van der Waals surface area contributed by atoms with E-state index in [1.54, 1.807) is 15.3 Å². The number of para-hydroxylation sites is 1. The highest BCUT2D eigenvalue weighted by molar-refractivity contribution is 5.85. The Morgan fingerprint density at radius 3 is 2.50 bits per heavy atom. The van der Waals surface area contributed by atoms with Gasteiger partial charge in [0.25, 0.3) is 5.56 Å². The molecule has 0 radical (unpaired) electrons. The van der Waals surface area contributed by atoms with Gasteiger partial charge in [-0.05, 0) is 44.4 Å². The topological polar surface area (TPSA) is 60.1 Å². The standard InChI is InChI=1S/C20H22N4O2/c1-14-12-17(25)23(13-18(26)22-10-6-7-11-22)20-19(14)15(2)21-24(20)16-8-4-3-5-9-16/h3-5,8-9,12H,6-7,10-11,13H2,1-2H3. The number of amides is 1. The molecule has 1 saturated heterocycles. The molecule has 1 aliphatic heterocycles. The Balaban J connectivity index is 1.91. The van der Waals surface area contributed by atoms with Crippen molar-refractivity contribution in [2.45, 2.75) is 33.2 Å². The lowest BCUT2D eigenvalue weighted by molar-refractivity contribution is -0.130. The summed E-state index contributed by atoms with van der Waals surface area (Å²) in [4.78, 5) is 27.3. The lowest BCUT2D eigenvalue weighted by atomic mass is 10.1. The number of likely N-dealkylation sites (tertiary alicyclic amines) is 1. The Morgan fingerprint density at radius 1 is 1.12 bits per heavy atom. The SMILES string of the molecule is Cc1cc(=O)n(CC(=O)N2CCCC2)c2c1c(C)nn2-c1ccccc1. The van der Waals surface area contributed by atoms with E-state index in [9.17, 15) is 9.59 Å². The van der Waals surface area contributed by atoms with E-state index in [-0.39, 0.29) is 18.0 Å². The van der Waals surface area contributed by atoms with Crippen molar-refractivity contribution < 1.29 is 4.79 Å². The summed E-state index contributed by atoms with van der Waals surface area (Å²) in [5.41, 5.74) is 3.13. The van der Waals surface area contributed by atoms with Crippen molar-refractivity contribution in [1.29, 1.82) is 0 Å². The summed E-state index contributed by atoms with van der Waals surface area (Å²) < 4.78 is 3.34. The first-order valence-electron chi connectivity index (χ1n) is 8.99. The number of hydrogen-bond donors (Lipinski definition) is 0. The van der Waals surface area contributed by atoms with Crippen molar-refractivity contribution in [2.75, 3.05) is 13.1 Å². The first-order chi connectivity index (χ1) is 12.6.